The van der Waals surface area contributed by atoms with Gasteiger partial charge in [0.05, 0.1) is 12.3 Å². The van der Waals surface area contributed by atoms with Gasteiger partial charge < -0.3 is 14.7 Å². The third kappa shape index (κ3) is 2.92. The first-order chi connectivity index (χ1) is 7.16. The Hall–Kier alpha value is -1.62. The van der Waals surface area contributed by atoms with Gasteiger partial charge in [0.2, 0.25) is 0 Å². The Kier molecular flexibility index (Phi) is 4.05. The van der Waals surface area contributed by atoms with Crippen LogP contribution in [0, 0.1) is 0 Å². The lowest BCUT2D eigenvalue weighted by molar-refractivity contribution is 0.0691. The highest BCUT2D eigenvalue weighted by atomic mass is 16.5. The lowest BCUT2D eigenvalue weighted by Gasteiger charge is -2.19. The van der Waals surface area contributed by atoms with Gasteiger partial charge in [0, 0.05) is 26.9 Å². The highest BCUT2D eigenvalue weighted by Crippen LogP contribution is 2.16. The van der Waals surface area contributed by atoms with Gasteiger partial charge in [-0.1, -0.05) is 0 Å². The average molecular weight is 210 g/mol. The fourth-order valence-electron chi connectivity index (χ4n) is 1.22. The predicted octanol–water partition coefficient (Wildman–Crippen LogP) is 0.862. The molecule has 1 aromatic rings. The van der Waals surface area contributed by atoms with Crippen molar-refractivity contribution in [2.24, 2.45) is 0 Å². The molecule has 0 bridgehead atoms. The molecule has 15 heavy (non-hydrogen) atoms. The van der Waals surface area contributed by atoms with Crippen molar-refractivity contribution < 1.29 is 14.6 Å². The maximum Gasteiger partial charge on any atom is 0.356 e. The van der Waals surface area contributed by atoms with Gasteiger partial charge in [0.25, 0.3) is 0 Å². The predicted molar refractivity (Wildman–Crippen MR) is 56.3 cm³/mol. The highest BCUT2D eigenvalue weighted by molar-refractivity contribution is 5.92. The van der Waals surface area contributed by atoms with Crippen molar-refractivity contribution in [1.82, 2.24) is 4.98 Å². The number of aromatic carboxylic acids is 1. The van der Waals surface area contributed by atoms with E-state index >= 15 is 0 Å². The fourth-order valence-corrected chi connectivity index (χ4v) is 1.22. The lowest BCUT2D eigenvalue weighted by Crippen LogP contribution is -2.24. The number of nitrogens with zero attached hydrogens (tertiary/aromatic N) is 2. The molecule has 1 heterocycles. The Morgan fingerprint density at radius 1 is 1.67 bits per heavy atom. The summed E-state index contributed by atoms with van der Waals surface area (Å²) in [5.41, 5.74) is 0.665. The van der Waals surface area contributed by atoms with E-state index in [1.165, 1.54) is 6.20 Å². The van der Waals surface area contributed by atoms with E-state index in [0.29, 0.717) is 18.8 Å². The monoisotopic (exact) mass is 210 g/mol. The second-order valence-electron chi connectivity index (χ2n) is 3.09. The Balaban J connectivity index is 2.87. The number of likely N-dealkylation sites (N-methyl/N-ethyl adjacent to an activating group) is 1. The van der Waals surface area contributed by atoms with Crippen LogP contribution in [0.4, 0.5) is 5.69 Å². The Morgan fingerprint density at radius 2 is 2.40 bits per heavy atom. The van der Waals surface area contributed by atoms with E-state index in [2.05, 4.69) is 4.98 Å². The number of rotatable bonds is 5. The zero-order valence-electron chi connectivity index (χ0n) is 8.80. The van der Waals surface area contributed by atoms with Crippen molar-refractivity contribution in [2.45, 2.75) is 0 Å². The SMILES string of the molecule is COCCN(C)c1cccnc1C(=O)O. The summed E-state index contributed by atoms with van der Waals surface area (Å²) in [6.45, 7) is 1.17. The van der Waals surface area contributed by atoms with Gasteiger partial charge in [-0.15, -0.1) is 0 Å². The molecule has 0 saturated heterocycles. The van der Waals surface area contributed by atoms with Crippen LogP contribution in [0.25, 0.3) is 0 Å². The number of carboxylic acid groups (broad SMARTS) is 1. The van der Waals surface area contributed by atoms with Gasteiger partial charge in [-0.3, -0.25) is 0 Å². The van der Waals surface area contributed by atoms with Crippen LogP contribution in [0.5, 0.6) is 0 Å². The lowest BCUT2D eigenvalue weighted by atomic mass is 10.2. The summed E-state index contributed by atoms with van der Waals surface area (Å²) in [6.07, 6.45) is 1.47. The van der Waals surface area contributed by atoms with E-state index < -0.39 is 5.97 Å². The van der Waals surface area contributed by atoms with Crippen molar-refractivity contribution in [2.75, 3.05) is 32.2 Å². The van der Waals surface area contributed by atoms with Gasteiger partial charge in [-0.25, -0.2) is 9.78 Å². The molecule has 0 aliphatic carbocycles. The number of aromatic nitrogens is 1. The molecule has 1 N–H and O–H groups in total. The smallest absolute Gasteiger partial charge is 0.356 e. The van der Waals surface area contributed by atoms with Crippen molar-refractivity contribution in [1.29, 1.82) is 0 Å². The topological polar surface area (TPSA) is 62.7 Å². The number of hydrogen-bond donors (Lipinski definition) is 1. The molecule has 5 heteroatoms. The van der Waals surface area contributed by atoms with Crippen LogP contribution in [-0.4, -0.2) is 43.4 Å². The van der Waals surface area contributed by atoms with Gasteiger partial charge in [0.15, 0.2) is 5.69 Å². The van der Waals surface area contributed by atoms with Gasteiger partial charge >= 0.3 is 5.97 Å². The zero-order valence-corrected chi connectivity index (χ0v) is 8.80. The summed E-state index contributed by atoms with van der Waals surface area (Å²) in [6, 6.07) is 3.44. The number of ether oxygens (including phenoxy) is 1. The molecule has 0 aliphatic rings. The van der Waals surface area contributed by atoms with Crippen molar-refractivity contribution in [3.8, 4) is 0 Å². The summed E-state index contributed by atoms with van der Waals surface area (Å²) in [7, 11) is 3.41. The summed E-state index contributed by atoms with van der Waals surface area (Å²) in [4.78, 5) is 16.5. The van der Waals surface area contributed by atoms with E-state index in [1.807, 2.05) is 7.05 Å². The molecule has 0 atom stereocenters. The summed E-state index contributed by atoms with van der Waals surface area (Å²) in [5.74, 6) is -1.02. The molecule has 1 rings (SSSR count). The van der Waals surface area contributed by atoms with Crippen LogP contribution in [0.3, 0.4) is 0 Å². The molecule has 0 aromatic carbocycles. The van der Waals surface area contributed by atoms with Crippen LogP contribution in [0.2, 0.25) is 0 Å². The standard InChI is InChI=1S/C10H14N2O3/c1-12(6-7-15-2)8-4-3-5-11-9(8)10(13)14/h3-5H,6-7H2,1-2H3,(H,13,14). The van der Waals surface area contributed by atoms with Gasteiger partial charge in [-0.05, 0) is 12.1 Å². The molecule has 0 saturated carbocycles. The second-order valence-corrected chi connectivity index (χ2v) is 3.09. The number of pyridine rings is 1. The largest absolute Gasteiger partial charge is 0.476 e. The molecular formula is C10H14N2O3. The minimum atomic E-state index is -1.02. The maximum atomic E-state index is 10.9. The van der Waals surface area contributed by atoms with E-state index in [-0.39, 0.29) is 5.69 Å². The molecule has 0 fully saturated rings. The van der Waals surface area contributed by atoms with Crippen LogP contribution < -0.4 is 4.90 Å². The Labute approximate surface area is 88.3 Å². The first-order valence-electron chi connectivity index (χ1n) is 4.55. The molecule has 0 radical (unpaired) electrons. The Morgan fingerprint density at radius 3 is 3.00 bits per heavy atom. The molecule has 1 aromatic heterocycles. The Bertz CT molecular complexity index is 341. The normalized spacial score (nSPS) is 10.0. The minimum absolute atomic E-state index is 0.0658. The molecule has 0 amide bonds. The van der Waals surface area contributed by atoms with Crippen LogP contribution in [0.15, 0.2) is 18.3 Å². The maximum absolute atomic E-state index is 10.9. The third-order valence-electron chi connectivity index (χ3n) is 2.03. The van der Waals surface area contributed by atoms with Crippen molar-refractivity contribution >= 4 is 11.7 Å². The quantitative estimate of drug-likeness (QED) is 0.781. The third-order valence-corrected chi connectivity index (χ3v) is 2.03. The zero-order chi connectivity index (χ0) is 11.3. The van der Waals surface area contributed by atoms with E-state index in [1.54, 1.807) is 24.1 Å². The number of anilines is 1. The van der Waals surface area contributed by atoms with Crippen molar-refractivity contribution in [3.63, 3.8) is 0 Å². The van der Waals surface area contributed by atoms with Crippen LogP contribution in [0.1, 0.15) is 10.5 Å². The first kappa shape index (κ1) is 11.5. The molecular weight excluding hydrogens is 196 g/mol. The second kappa shape index (κ2) is 5.31. The van der Waals surface area contributed by atoms with Crippen LogP contribution in [-0.2, 0) is 4.74 Å². The highest BCUT2D eigenvalue weighted by Gasteiger charge is 2.13. The van der Waals surface area contributed by atoms with E-state index in [4.69, 9.17) is 9.84 Å². The minimum Gasteiger partial charge on any atom is -0.476 e. The molecule has 0 unspecified atom stereocenters. The van der Waals surface area contributed by atoms with Crippen molar-refractivity contribution in [3.05, 3.63) is 24.0 Å². The van der Waals surface area contributed by atoms with E-state index in [0.717, 1.165) is 0 Å². The van der Waals surface area contributed by atoms with Crippen LogP contribution >= 0.6 is 0 Å². The average Bonchev–Trinajstić information content (AvgIpc) is 2.25. The van der Waals surface area contributed by atoms with Gasteiger partial charge in [0.1, 0.15) is 0 Å². The molecule has 0 spiro atoms. The fraction of sp³-hybridized carbons (Fsp3) is 0.400. The summed E-state index contributed by atoms with van der Waals surface area (Å²) >= 11 is 0. The first-order valence-corrected chi connectivity index (χ1v) is 4.55. The van der Waals surface area contributed by atoms with E-state index in [9.17, 15) is 4.79 Å². The number of methoxy groups -OCH3 is 1. The molecule has 82 valence electrons. The summed E-state index contributed by atoms with van der Waals surface area (Å²) < 4.78 is 4.92. The molecule has 0 aliphatic heterocycles. The number of carbonyl (C=O) groups is 1. The van der Waals surface area contributed by atoms with Gasteiger partial charge in [-0.2, -0.15) is 0 Å². The number of carboxylic acids is 1. The number of hydrogen-bond acceptors (Lipinski definition) is 4. The molecule has 5 nitrogen and oxygen atoms in total. The summed E-state index contributed by atoms with van der Waals surface area (Å²) in [5, 5.41) is 8.92.